The molecule has 0 saturated heterocycles. The van der Waals surface area contributed by atoms with Crippen LogP contribution in [0.2, 0.25) is 5.02 Å². The molecule has 2 aromatic rings. The summed E-state index contributed by atoms with van der Waals surface area (Å²) in [5.74, 6) is 0. The van der Waals surface area contributed by atoms with Gasteiger partial charge in [-0.2, -0.15) is 0 Å². The standard InChI is InChI=1S/C16H17ClN2O6S2/c1-3-4-12-5-7-13(8-6-12)26(22,23)18(2)27(24,25)14-9-10-15(17)16(11-14)19(20)21/h5-11H,3-4H2,1-2H3. The summed E-state index contributed by atoms with van der Waals surface area (Å²) in [4.78, 5) is 9.38. The van der Waals surface area contributed by atoms with Crippen molar-refractivity contribution >= 4 is 37.3 Å². The lowest BCUT2D eigenvalue weighted by Gasteiger charge is -2.17. The molecule has 0 bridgehead atoms. The van der Waals surface area contributed by atoms with E-state index in [0.29, 0.717) is 0 Å². The number of nitrogens with zero attached hydrogens (tertiary/aromatic N) is 2. The molecule has 0 aromatic heterocycles. The fourth-order valence-electron chi connectivity index (χ4n) is 2.34. The molecule has 0 aliphatic heterocycles. The molecule has 2 rings (SSSR count). The minimum Gasteiger partial charge on any atom is -0.258 e. The van der Waals surface area contributed by atoms with E-state index < -0.39 is 35.6 Å². The SMILES string of the molecule is CCCc1ccc(S(=O)(=O)N(C)S(=O)(=O)c2ccc(Cl)c([N+](=O)[O-])c2)cc1. The predicted molar refractivity (Wildman–Crippen MR) is 101 cm³/mol. The molecule has 0 spiro atoms. The summed E-state index contributed by atoms with van der Waals surface area (Å²) < 4.78 is 51.0. The zero-order valence-corrected chi connectivity index (χ0v) is 16.9. The smallest absolute Gasteiger partial charge is 0.258 e. The Morgan fingerprint density at radius 2 is 1.52 bits per heavy atom. The summed E-state index contributed by atoms with van der Waals surface area (Å²) in [5.41, 5.74) is 0.294. The largest absolute Gasteiger partial charge is 0.289 e. The Labute approximate surface area is 162 Å². The highest BCUT2D eigenvalue weighted by molar-refractivity contribution is 8.04. The Hall–Kier alpha value is -2.01. The van der Waals surface area contributed by atoms with Crippen molar-refractivity contribution in [2.24, 2.45) is 0 Å². The minimum absolute atomic E-state index is 0.196. The maximum absolute atomic E-state index is 12.7. The van der Waals surface area contributed by atoms with Crippen LogP contribution in [0.3, 0.4) is 0 Å². The molecular formula is C16H17ClN2O6S2. The third kappa shape index (κ3) is 4.29. The molecule has 0 aliphatic rings. The van der Waals surface area contributed by atoms with E-state index >= 15 is 0 Å². The average Bonchev–Trinajstić information content (AvgIpc) is 2.61. The molecule has 27 heavy (non-hydrogen) atoms. The Morgan fingerprint density at radius 1 is 1.00 bits per heavy atom. The second-order valence-corrected chi connectivity index (χ2v) is 10.2. The first-order valence-corrected chi connectivity index (χ1v) is 11.0. The highest BCUT2D eigenvalue weighted by Crippen LogP contribution is 2.30. The monoisotopic (exact) mass is 432 g/mol. The van der Waals surface area contributed by atoms with Crippen LogP contribution in [0, 0.1) is 10.1 Å². The number of hydrogen-bond acceptors (Lipinski definition) is 6. The summed E-state index contributed by atoms with van der Waals surface area (Å²) in [5, 5.41) is 10.7. The van der Waals surface area contributed by atoms with Gasteiger partial charge in [0.25, 0.3) is 25.7 Å². The van der Waals surface area contributed by atoms with Crippen LogP contribution in [0.1, 0.15) is 18.9 Å². The van der Waals surface area contributed by atoms with E-state index in [2.05, 4.69) is 0 Å². The van der Waals surface area contributed by atoms with Crippen LogP contribution in [0.5, 0.6) is 0 Å². The summed E-state index contributed by atoms with van der Waals surface area (Å²) >= 11 is 5.68. The molecule has 0 unspecified atom stereocenters. The van der Waals surface area contributed by atoms with E-state index in [1.807, 2.05) is 6.92 Å². The first-order valence-electron chi connectivity index (χ1n) is 7.79. The lowest BCUT2D eigenvalue weighted by Crippen LogP contribution is -2.33. The lowest BCUT2D eigenvalue weighted by atomic mass is 10.1. The Bertz CT molecular complexity index is 1070. The maximum Gasteiger partial charge on any atom is 0.289 e. The van der Waals surface area contributed by atoms with Gasteiger partial charge in [0.05, 0.1) is 14.7 Å². The molecule has 0 atom stereocenters. The van der Waals surface area contributed by atoms with Crippen LogP contribution in [0.4, 0.5) is 5.69 Å². The second kappa shape index (κ2) is 7.93. The van der Waals surface area contributed by atoms with Gasteiger partial charge in [0, 0.05) is 13.1 Å². The zero-order valence-electron chi connectivity index (χ0n) is 14.5. The molecule has 146 valence electrons. The number of hydrogen-bond donors (Lipinski definition) is 0. The fourth-order valence-corrected chi connectivity index (χ4v) is 5.65. The van der Waals surface area contributed by atoms with Crippen molar-refractivity contribution in [3.63, 3.8) is 0 Å². The van der Waals surface area contributed by atoms with Crippen LogP contribution in [-0.2, 0) is 26.5 Å². The van der Waals surface area contributed by atoms with Gasteiger partial charge in [-0.15, -0.1) is 0 Å². The van der Waals surface area contributed by atoms with Crippen molar-refractivity contribution in [1.82, 2.24) is 3.71 Å². The Balaban J connectivity index is 2.46. The zero-order chi connectivity index (χ0) is 20.4. The summed E-state index contributed by atoms with van der Waals surface area (Å²) in [6, 6.07) is 8.67. The summed E-state index contributed by atoms with van der Waals surface area (Å²) in [6.45, 7) is 1.98. The minimum atomic E-state index is -4.56. The number of aryl methyl sites for hydroxylation is 1. The van der Waals surface area contributed by atoms with E-state index in [1.165, 1.54) is 12.1 Å². The Kier molecular flexibility index (Phi) is 6.25. The molecule has 0 N–H and O–H groups in total. The highest BCUT2D eigenvalue weighted by Gasteiger charge is 2.34. The first kappa shape index (κ1) is 21.3. The van der Waals surface area contributed by atoms with Gasteiger partial charge in [-0.1, -0.05) is 40.8 Å². The van der Waals surface area contributed by atoms with Crippen molar-refractivity contribution in [1.29, 1.82) is 0 Å². The number of nitro benzene ring substituents is 1. The van der Waals surface area contributed by atoms with Crippen molar-refractivity contribution in [3.05, 3.63) is 63.2 Å². The maximum atomic E-state index is 12.7. The topological polar surface area (TPSA) is 115 Å². The fraction of sp³-hybridized carbons (Fsp3) is 0.250. The van der Waals surface area contributed by atoms with Gasteiger partial charge in [0.2, 0.25) is 0 Å². The number of benzene rings is 2. The van der Waals surface area contributed by atoms with Gasteiger partial charge < -0.3 is 0 Å². The molecule has 0 fully saturated rings. The van der Waals surface area contributed by atoms with Gasteiger partial charge in [0.1, 0.15) is 5.02 Å². The van der Waals surface area contributed by atoms with Crippen LogP contribution in [-0.4, -0.2) is 32.5 Å². The van der Waals surface area contributed by atoms with Crippen LogP contribution in [0.25, 0.3) is 0 Å². The third-order valence-electron chi connectivity index (χ3n) is 3.85. The van der Waals surface area contributed by atoms with E-state index in [4.69, 9.17) is 11.6 Å². The number of rotatable bonds is 7. The Morgan fingerprint density at radius 3 is 2.04 bits per heavy atom. The summed E-state index contributed by atoms with van der Waals surface area (Å²) in [7, 11) is -8.05. The third-order valence-corrected chi connectivity index (χ3v) is 8.42. The lowest BCUT2D eigenvalue weighted by molar-refractivity contribution is -0.384. The average molecular weight is 433 g/mol. The molecule has 11 heteroatoms. The van der Waals surface area contributed by atoms with Gasteiger partial charge in [-0.3, -0.25) is 10.1 Å². The molecule has 2 aromatic carbocycles. The van der Waals surface area contributed by atoms with Gasteiger partial charge in [-0.25, -0.2) is 16.8 Å². The van der Waals surface area contributed by atoms with Gasteiger partial charge in [0.15, 0.2) is 0 Å². The van der Waals surface area contributed by atoms with E-state index in [1.54, 1.807) is 12.1 Å². The van der Waals surface area contributed by atoms with Crippen molar-refractivity contribution in [3.8, 4) is 0 Å². The molecule has 0 aliphatic carbocycles. The van der Waals surface area contributed by atoms with Gasteiger partial charge >= 0.3 is 0 Å². The molecule has 0 radical (unpaired) electrons. The molecular weight excluding hydrogens is 416 g/mol. The van der Waals surface area contributed by atoms with Crippen LogP contribution in [0.15, 0.2) is 52.3 Å². The molecule has 0 amide bonds. The van der Waals surface area contributed by atoms with Crippen molar-refractivity contribution < 1.29 is 21.8 Å². The highest BCUT2D eigenvalue weighted by atomic mass is 35.5. The number of nitro groups is 1. The van der Waals surface area contributed by atoms with E-state index in [0.717, 1.165) is 43.7 Å². The van der Waals surface area contributed by atoms with Crippen molar-refractivity contribution in [2.45, 2.75) is 29.6 Å². The van der Waals surface area contributed by atoms with Crippen molar-refractivity contribution in [2.75, 3.05) is 7.05 Å². The second-order valence-electron chi connectivity index (χ2n) is 5.65. The first-order chi connectivity index (χ1) is 12.5. The quantitative estimate of drug-likeness (QED) is 0.490. The van der Waals surface area contributed by atoms with E-state index in [-0.39, 0.29) is 13.6 Å². The summed E-state index contributed by atoms with van der Waals surface area (Å²) in [6.07, 6.45) is 1.65. The van der Waals surface area contributed by atoms with Crippen LogP contribution >= 0.6 is 11.6 Å². The van der Waals surface area contributed by atoms with Gasteiger partial charge in [-0.05, 0) is 36.2 Å². The van der Waals surface area contributed by atoms with Crippen LogP contribution < -0.4 is 0 Å². The molecule has 8 nitrogen and oxygen atoms in total. The predicted octanol–water partition coefficient (Wildman–Crippen LogP) is 3.21. The number of halogens is 1. The molecule has 0 saturated carbocycles. The normalized spacial score (nSPS) is 12.3. The molecule has 0 heterocycles. The number of sulfonamides is 2. The van der Waals surface area contributed by atoms with E-state index in [9.17, 15) is 26.9 Å².